The molecule has 1 aromatic heterocycles. The molecule has 0 saturated carbocycles. The Hall–Kier alpha value is -2.84. The van der Waals surface area contributed by atoms with Gasteiger partial charge in [-0.2, -0.15) is 13.2 Å². The van der Waals surface area contributed by atoms with Gasteiger partial charge in [-0.1, -0.05) is 24.3 Å². The zero-order chi connectivity index (χ0) is 17.3. The van der Waals surface area contributed by atoms with Crippen LogP contribution in [-0.2, 0) is 6.18 Å². The molecule has 0 aliphatic rings. The van der Waals surface area contributed by atoms with Crippen LogP contribution in [0.3, 0.4) is 0 Å². The Balaban J connectivity index is 0.00000169. The van der Waals surface area contributed by atoms with Crippen molar-refractivity contribution in [1.29, 1.82) is 0 Å². The fourth-order valence-electron chi connectivity index (χ4n) is 2.44. The van der Waals surface area contributed by atoms with Crippen molar-refractivity contribution < 1.29 is 28.5 Å². The van der Waals surface area contributed by atoms with Crippen LogP contribution in [0.1, 0.15) is 15.9 Å². The van der Waals surface area contributed by atoms with Gasteiger partial charge in [0, 0.05) is 17.3 Å². The summed E-state index contributed by atoms with van der Waals surface area (Å²) < 4.78 is 39.3. The lowest BCUT2D eigenvalue weighted by molar-refractivity contribution is -0.136. The molecule has 0 amide bonds. The average molecular weight is 387 g/mol. The highest BCUT2D eigenvalue weighted by atomic mass is 35.5. The molecule has 3 aromatic rings. The maximum absolute atomic E-state index is 13.1. The third kappa shape index (κ3) is 4.04. The Bertz CT molecular complexity index is 933. The van der Waals surface area contributed by atoms with Crippen molar-refractivity contribution in [3.63, 3.8) is 0 Å². The zero-order valence-electron chi connectivity index (χ0n) is 13.0. The third-order valence-electron chi connectivity index (χ3n) is 3.50. The topological polar surface area (TPSA) is 93.7 Å². The number of aromatic nitrogens is 1. The molecule has 0 aliphatic carbocycles. The summed E-state index contributed by atoms with van der Waals surface area (Å²) >= 11 is 0. The van der Waals surface area contributed by atoms with E-state index in [9.17, 15) is 23.1 Å². The molecule has 0 atom stereocenters. The third-order valence-corrected chi connectivity index (χ3v) is 3.50. The van der Waals surface area contributed by atoms with Crippen molar-refractivity contribution in [2.45, 2.75) is 6.18 Å². The molecule has 0 radical (unpaired) electrons. The zero-order valence-corrected chi connectivity index (χ0v) is 13.9. The van der Waals surface area contributed by atoms with Crippen LogP contribution in [0.2, 0.25) is 0 Å². The Morgan fingerprint density at radius 2 is 1.69 bits per heavy atom. The van der Waals surface area contributed by atoms with Crippen LogP contribution < -0.4 is 5.32 Å². The SMILES string of the molecule is Cl.O.O=C(O)c1ccccc1Nc1ccnc2c(C(F)(F)F)cccc12. The average Bonchev–Trinajstić information content (AvgIpc) is 2.54. The van der Waals surface area contributed by atoms with Gasteiger partial charge in [0.15, 0.2) is 0 Å². The number of fused-ring (bicyclic) bond motifs is 1. The summed E-state index contributed by atoms with van der Waals surface area (Å²) in [4.78, 5) is 15.1. The van der Waals surface area contributed by atoms with Gasteiger partial charge in [-0.3, -0.25) is 4.98 Å². The number of nitrogens with zero attached hydrogens (tertiary/aromatic N) is 1. The standard InChI is InChI=1S/C17H11F3N2O2.ClH.H2O/c18-17(19,20)12-6-3-5-10-14(8-9-21-15(10)12)22-13-7-2-1-4-11(13)16(23)24;;/h1-9H,(H,21,22)(H,23,24);1H;1H2. The van der Waals surface area contributed by atoms with Crippen molar-refractivity contribution in [1.82, 2.24) is 4.98 Å². The number of hydrogen-bond donors (Lipinski definition) is 2. The Morgan fingerprint density at radius 1 is 1.00 bits per heavy atom. The molecule has 0 bridgehead atoms. The van der Waals surface area contributed by atoms with Crippen LogP contribution >= 0.6 is 12.4 Å². The van der Waals surface area contributed by atoms with Crippen molar-refractivity contribution in [2.75, 3.05) is 5.32 Å². The highest BCUT2D eigenvalue weighted by molar-refractivity contribution is 5.99. The minimum absolute atomic E-state index is 0. The molecule has 3 rings (SSSR count). The summed E-state index contributed by atoms with van der Waals surface area (Å²) in [7, 11) is 0. The van der Waals surface area contributed by atoms with Gasteiger partial charge in [0.05, 0.1) is 22.3 Å². The van der Waals surface area contributed by atoms with Gasteiger partial charge in [-0.25, -0.2) is 4.79 Å². The Kier molecular flexibility index (Phi) is 6.55. The second-order valence-electron chi connectivity index (χ2n) is 5.03. The second kappa shape index (κ2) is 8.03. The first-order chi connectivity index (χ1) is 11.4. The number of rotatable bonds is 3. The van der Waals surface area contributed by atoms with E-state index in [1.165, 1.54) is 30.5 Å². The van der Waals surface area contributed by atoms with Gasteiger partial charge in [0.1, 0.15) is 0 Å². The molecule has 2 aromatic carbocycles. The van der Waals surface area contributed by atoms with Crippen molar-refractivity contribution in [3.8, 4) is 0 Å². The van der Waals surface area contributed by atoms with E-state index >= 15 is 0 Å². The van der Waals surface area contributed by atoms with Crippen LogP contribution in [0.15, 0.2) is 54.7 Å². The van der Waals surface area contributed by atoms with E-state index in [0.29, 0.717) is 5.69 Å². The van der Waals surface area contributed by atoms with Crippen LogP contribution in [0.25, 0.3) is 10.9 Å². The fourth-order valence-corrected chi connectivity index (χ4v) is 2.44. The van der Waals surface area contributed by atoms with Crippen LogP contribution in [0.5, 0.6) is 0 Å². The van der Waals surface area contributed by atoms with Crippen molar-refractivity contribution in [3.05, 3.63) is 65.9 Å². The maximum atomic E-state index is 13.1. The molecule has 9 heteroatoms. The van der Waals surface area contributed by atoms with Gasteiger partial charge in [0.25, 0.3) is 0 Å². The molecular weight excluding hydrogens is 373 g/mol. The molecule has 0 saturated heterocycles. The number of hydrogen-bond acceptors (Lipinski definition) is 3. The molecule has 138 valence electrons. The number of carbonyl (C=O) groups is 1. The largest absolute Gasteiger partial charge is 0.478 e. The number of aromatic carboxylic acids is 1. The first-order valence-corrected chi connectivity index (χ1v) is 6.92. The van der Waals surface area contributed by atoms with Gasteiger partial charge >= 0.3 is 12.1 Å². The molecule has 4 N–H and O–H groups in total. The molecule has 0 spiro atoms. The maximum Gasteiger partial charge on any atom is 0.418 e. The van der Waals surface area contributed by atoms with Crippen LogP contribution in [0, 0.1) is 0 Å². The minimum Gasteiger partial charge on any atom is -0.478 e. The Morgan fingerprint density at radius 3 is 2.35 bits per heavy atom. The van der Waals surface area contributed by atoms with Gasteiger partial charge in [-0.15, -0.1) is 12.4 Å². The van der Waals surface area contributed by atoms with Crippen molar-refractivity contribution >= 4 is 40.7 Å². The van der Waals surface area contributed by atoms with Gasteiger partial charge < -0.3 is 15.9 Å². The summed E-state index contributed by atoms with van der Waals surface area (Å²) in [6, 6.07) is 11.4. The number of carboxylic acid groups (broad SMARTS) is 1. The quantitative estimate of drug-likeness (QED) is 0.702. The number of nitrogens with one attached hydrogen (secondary N) is 1. The van der Waals surface area contributed by atoms with E-state index in [0.717, 1.165) is 6.07 Å². The van der Waals surface area contributed by atoms with Crippen molar-refractivity contribution in [2.24, 2.45) is 0 Å². The highest BCUT2D eigenvalue weighted by Crippen LogP contribution is 2.36. The van der Waals surface area contributed by atoms with E-state index in [-0.39, 0.29) is 40.0 Å². The van der Waals surface area contributed by atoms with E-state index in [4.69, 9.17) is 0 Å². The fraction of sp³-hybridized carbons (Fsp3) is 0.0588. The summed E-state index contributed by atoms with van der Waals surface area (Å²) in [5.41, 5.74) is -0.373. The van der Waals surface area contributed by atoms with Gasteiger partial charge in [0.2, 0.25) is 0 Å². The normalized spacial score (nSPS) is 10.6. The highest BCUT2D eigenvalue weighted by Gasteiger charge is 2.33. The minimum atomic E-state index is -4.52. The number of pyridine rings is 1. The smallest absolute Gasteiger partial charge is 0.418 e. The van der Waals surface area contributed by atoms with E-state index < -0.39 is 17.7 Å². The van der Waals surface area contributed by atoms with Crippen LogP contribution in [0.4, 0.5) is 24.5 Å². The lowest BCUT2D eigenvalue weighted by Gasteiger charge is -2.14. The first kappa shape index (κ1) is 21.2. The summed E-state index contributed by atoms with van der Waals surface area (Å²) in [6.07, 6.45) is -3.27. The number of benzene rings is 2. The Labute approximate surface area is 152 Å². The number of carboxylic acids is 1. The van der Waals surface area contributed by atoms with E-state index in [1.54, 1.807) is 18.2 Å². The molecular formula is C17H14ClF3N2O3. The monoisotopic (exact) mass is 386 g/mol. The van der Waals surface area contributed by atoms with Crippen LogP contribution in [-0.4, -0.2) is 21.5 Å². The summed E-state index contributed by atoms with van der Waals surface area (Å²) in [5, 5.41) is 12.4. The predicted molar refractivity (Wildman–Crippen MR) is 94.3 cm³/mol. The lowest BCUT2D eigenvalue weighted by Crippen LogP contribution is -2.07. The number of halogens is 4. The number of para-hydroxylation sites is 2. The summed E-state index contributed by atoms with van der Waals surface area (Å²) in [5.74, 6) is -1.13. The molecule has 0 fully saturated rings. The molecule has 1 heterocycles. The van der Waals surface area contributed by atoms with E-state index in [2.05, 4.69) is 10.3 Å². The number of alkyl halides is 3. The molecule has 0 aliphatic heterocycles. The van der Waals surface area contributed by atoms with Gasteiger partial charge in [-0.05, 0) is 24.3 Å². The number of anilines is 2. The molecule has 26 heavy (non-hydrogen) atoms. The molecule has 0 unspecified atom stereocenters. The lowest BCUT2D eigenvalue weighted by atomic mass is 10.1. The predicted octanol–water partition coefficient (Wildman–Crippen LogP) is 4.29. The summed E-state index contributed by atoms with van der Waals surface area (Å²) in [6.45, 7) is 0. The first-order valence-electron chi connectivity index (χ1n) is 6.92. The van der Waals surface area contributed by atoms with E-state index in [1.807, 2.05) is 0 Å². The second-order valence-corrected chi connectivity index (χ2v) is 5.03. The molecule has 5 nitrogen and oxygen atoms in total.